The lowest BCUT2D eigenvalue weighted by Gasteiger charge is -1.97. The zero-order valence-corrected chi connectivity index (χ0v) is 6.43. The van der Waals surface area contributed by atoms with E-state index in [1.54, 1.807) is 6.07 Å². The molecule has 1 aromatic heterocycles. The third-order valence-corrected chi connectivity index (χ3v) is 1.43. The van der Waals surface area contributed by atoms with Gasteiger partial charge in [-0.15, -0.1) is 11.6 Å². The van der Waals surface area contributed by atoms with Crippen molar-refractivity contribution >= 4 is 11.6 Å². The van der Waals surface area contributed by atoms with E-state index >= 15 is 0 Å². The van der Waals surface area contributed by atoms with Gasteiger partial charge < -0.3 is 0 Å². The number of nitrogens with zero attached hydrogens (tertiary/aromatic N) is 2. The summed E-state index contributed by atoms with van der Waals surface area (Å²) in [4.78, 5) is 0. The summed E-state index contributed by atoms with van der Waals surface area (Å²) in [6.07, 6.45) is -0.873. The Morgan fingerprint density at radius 3 is 2.82 bits per heavy atom. The molecule has 0 fully saturated rings. The summed E-state index contributed by atoms with van der Waals surface area (Å²) in [5.74, 6) is 0.260. The molecule has 0 amide bonds. The van der Waals surface area contributed by atoms with Gasteiger partial charge in [0, 0.05) is 6.20 Å². The Hall–Kier alpha value is -0.640. The molecule has 1 rings (SSSR count). The largest absolute Gasteiger partial charge is 0.267 e. The van der Waals surface area contributed by atoms with Gasteiger partial charge in [0.05, 0.1) is 11.6 Å². The average Bonchev–Trinajstić information content (AvgIpc) is 2.34. The molecule has 11 heavy (non-hydrogen) atoms. The fraction of sp³-hybridized carbons (Fsp3) is 0.500. The van der Waals surface area contributed by atoms with E-state index in [4.69, 9.17) is 11.6 Å². The fourth-order valence-corrected chi connectivity index (χ4v) is 0.861. The highest BCUT2D eigenvalue weighted by molar-refractivity contribution is 6.16. The van der Waals surface area contributed by atoms with Gasteiger partial charge in [-0.3, -0.25) is 4.68 Å². The minimum absolute atomic E-state index is 0.260. The van der Waals surface area contributed by atoms with E-state index < -0.39 is 6.43 Å². The second-order valence-corrected chi connectivity index (χ2v) is 2.32. The molecule has 0 unspecified atom stereocenters. The average molecular weight is 181 g/mol. The van der Waals surface area contributed by atoms with E-state index in [1.165, 1.54) is 10.9 Å². The standard InChI is InChI=1S/C6H7ClF2N2/c7-3-5-1-2-11(10-5)4-6(8)9/h1-2,6H,3-4H2. The van der Waals surface area contributed by atoms with Crippen LogP contribution in [-0.4, -0.2) is 16.2 Å². The van der Waals surface area contributed by atoms with Crippen molar-refractivity contribution in [3.8, 4) is 0 Å². The monoisotopic (exact) mass is 180 g/mol. The smallest absolute Gasteiger partial charge is 0.257 e. The van der Waals surface area contributed by atoms with E-state index in [0.29, 0.717) is 5.69 Å². The van der Waals surface area contributed by atoms with Gasteiger partial charge in [-0.1, -0.05) is 0 Å². The van der Waals surface area contributed by atoms with Gasteiger partial charge in [0.25, 0.3) is 6.43 Å². The minimum Gasteiger partial charge on any atom is -0.267 e. The molecule has 0 bridgehead atoms. The molecule has 5 heteroatoms. The number of rotatable bonds is 3. The normalized spacial score (nSPS) is 10.9. The Kier molecular flexibility index (Phi) is 2.82. The Labute approximate surface area is 67.8 Å². The van der Waals surface area contributed by atoms with Crippen molar-refractivity contribution in [2.75, 3.05) is 0 Å². The molecule has 2 nitrogen and oxygen atoms in total. The van der Waals surface area contributed by atoms with Crippen LogP contribution in [0.5, 0.6) is 0 Å². The summed E-state index contributed by atoms with van der Waals surface area (Å²) in [5, 5.41) is 3.77. The molecule has 0 atom stereocenters. The first-order valence-corrected chi connectivity index (χ1v) is 3.62. The predicted molar refractivity (Wildman–Crippen MR) is 37.8 cm³/mol. The molecule has 1 aromatic rings. The van der Waals surface area contributed by atoms with Gasteiger partial charge in [-0.25, -0.2) is 8.78 Å². The topological polar surface area (TPSA) is 17.8 Å². The second kappa shape index (κ2) is 3.67. The van der Waals surface area contributed by atoms with E-state index in [9.17, 15) is 8.78 Å². The Bertz CT molecular complexity index is 224. The predicted octanol–water partition coefficient (Wildman–Crippen LogP) is 1.89. The molecule has 0 aliphatic rings. The minimum atomic E-state index is -2.36. The van der Waals surface area contributed by atoms with Crippen LogP contribution < -0.4 is 0 Å². The first-order valence-electron chi connectivity index (χ1n) is 3.09. The fourth-order valence-electron chi connectivity index (χ4n) is 0.718. The summed E-state index contributed by atoms with van der Waals surface area (Å²) in [6, 6.07) is 1.62. The van der Waals surface area contributed by atoms with Crippen molar-refractivity contribution in [1.82, 2.24) is 9.78 Å². The van der Waals surface area contributed by atoms with Crippen LogP contribution >= 0.6 is 11.6 Å². The van der Waals surface area contributed by atoms with Crippen molar-refractivity contribution in [3.05, 3.63) is 18.0 Å². The van der Waals surface area contributed by atoms with E-state index in [0.717, 1.165) is 0 Å². The van der Waals surface area contributed by atoms with Crippen LogP contribution in [0.1, 0.15) is 5.69 Å². The number of aromatic nitrogens is 2. The third kappa shape index (κ3) is 2.46. The molecular weight excluding hydrogens is 174 g/mol. The Morgan fingerprint density at radius 2 is 2.36 bits per heavy atom. The maximum absolute atomic E-state index is 11.7. The van der Waals surface area contributed by atoms with Gasteiger partial charge in [0.15, 0.2) is 0 Å². The quantitative estimate of drug-likeness (QED) is 0.650. The highest BCUT2D eigenvalue weighted by Crippen LogP contribution is 2.02. The molecule has 0 saturated heterocycles. The summed E-state index contributed by atoms with van der Waals surface area (Å²) in [7, 11) is 0. The lowest BCUT2D eigenvalue weighted by molar-refractivity contribution is 0.121. The van der Waals surface area contributed by atoms with Crippen LogP contribution in [0.15, 0.2) is 12.3 Å². The lowest BCUT2D eigenvalue weighted by atomic mass is 10.5. The van der Waals surface area contributed by atoms with E-state index in [1.807, 2.05) is 0 Å². The first kappa shape index (κ1) is 8.46. The zero-order chi connectivity index (χ0) is 8.27. The van der Waals surface area contributed by atoms with Crippen molar-refractivity contribution in [3.63, 3.8) is 0 Å². The van der Waals surface area contributed by atoms with Crippen LogP contribution in [0.25, 0.3) is 0 Å². The van der Waals surface area contributed by atoms with Gasteiger partial charge in [-0.2, -0.15) is 5.10 Å². The summed E-state index contributed by atoms with van der Waals surface area (Å²) < 4.78 is 24.7. The molecule has 0 N–H and O–H groups in total. The van der Waals surface area contributed by atoms with Crippen LogP contribution in [-0.2, 0) is 12.4 Å². The van der Waals surface area contributed by atoms with Crippen molar-refractivity contribution in [2.24, 2.45) is 0 Å². The Morgan fingerprint density at radius 1 is 1.64 bits per heavy atom. The number of alkyl halides is 3. The molecule has 1 heterocycles. The molecule has 0 aromatic carbocycles. The number of hydrogen-bond acceptors (Lipinski definition) is 1. The second-order valence-electron chi connectivity index (χ2n) is 2.05. The molecule has 62 valence electrons. The zero-order valence-electron chi connectivity index (χ0n) is 5.67. The lowest BCUT2D eigenvalue weighted by Crippen LogP contribution is -2.06. The van der Waals surface area contributed by atoms with Crippen molar-refractivity contribution in [2.45, 2.75) is 18.9 Å². The highest BCUT2D eigenvalue weighted by Gasteiger charge is 2.04. The van der Waals surface area contributed by atoms with E-state index in [2.05, 4.69) is 5.10 Å². The molecule has 0 radical (unpaired) electrons. The van der Waals surface area contributed by atoms with Gasteiger partial charge in [0.2, 0.25) is 0 Å². The summed E-state index contributed by atoms with van der Waals surface area (Å²) >= 11 is 5.41. The van der Waals surface area contributed by atoms with Gasteiger partial charge >= 0.3 is 0 Å². The maximum Gasteiger partial charge on any atom is 0.257 e. The summed E-state index contributed by atoms with van der Waals surface area (Å²) in [5.41, 5.74) is 0.618. The van der Waals surface area contributed by atoms with Crippen LogP contribution in [0, 0.1) is 0 Å². The first-order chi connectivity index (χ1) is 5.22. The third-order valence-electron chi connectivity index (χ3n) is 1.16. The van der Waals surface area contributed by atoms with Gasteiger partial charge in [0.1, 0.15) is 6.54 Å². The molecule has 0 saturated carbocycles. The Balaban J connectivity index is 2.58. The van der Waals surface area contributed by atoms with Crippen molar-refractivity contribution < 1.29 is 8.78 Å². The maximum atomic E-state index is 11.7. The van der Waals surface area contributed by atoms with Crippen LogP contribution in [0.2, 0.25) is 0 Å². The molecule has 0 aliphatic heterocycles. The summed E-state index contributed by atoms with van der Waals surface area (Å²) in [6.45, 7) is -0.364. The van der Waals surface area contributed by atoms with Crippen LogP contribution in [0.3, 0.4) is 0 Å². The number of halogens is 3. The molecule has 0 aliphatic carbocycles. The molecular formula is C6H7ClF2N2. The number of hydrogen-bond donors (Lipinski definition) is 0. The highest BCUT2D eigenvalue weighted by atomic mass is 35.5. The van der Waals surface area contributed by atoms with E-state index in [-0.39, 0.29) is 12.4 Å². The SMILES string of the molecule is FC(F)Cn1ccc(CCl)n1. The van der Waals surface area contributed by atoms with Crippen molar-refractivity contribution in [1.29, 1.82) is 0 Å². The van der Waals surface area contributed by atoms with Gasteiger partial charge in [-0.05, 0) is 6.07 Å². The van der Waals surface area contributed by atoms with Crippen LogP contribution in [0.4, 0.5) is 8.78 Å². The molecule has 0 spiro atoms.